The van der Waals surface area contributed by atoms with E-state index in [1.54, 1.807) is 6.07 Å². The van der Waals surface area contributed by atoms with Crippen LogP contribution in [-0.2, 0) is 11.2 Å². The van der Waals surface area contributed by atoms with E-state index in [0.717, 1.165) is 0 Å². The minimum atomic E-state index is -0.522. The number of ether oxygens (including phenoxy) is 1. The molecule has 0 spiro atoms. The molecule has 0 saturated carbocycles. The summed E-state index contributed by atoms with van der Waals surface area (Å²) in [4.78, 5) is 21.0. The molecule has 0 unspecified atom stereocenters. The minimum absolute atomic E-state index is 0.159. The van der Waals surface area contributed by atoms with Crippen molar-refractivity contribution in [3.05, 3.63) is 44.5 Å². The normalized spacial score (nSPS) is 9.88. The first-order valence-corrected chi connectivity index (χ1v) is 4.91. The van der Waals surface area contributed by atoms with Gasteiger partial charge in [-0.15, -0.1) is 0 Å². The van der Waals surface area contributed by atoms with E-state index in [9.17, 15) is 14.9 Å². The standard InChI is InChI=1S/C10H10ClNO4/c1-16-10(13)8-3-2-7(6-9(8)11)4-5-12(14)15/h2-3,6H,4-5H2,1H3. The smallest absolute Gasteiger partial charge is 0.339 e. The Morgan fingerprint density at radius 2 is 2.25 bits per heavy atom. The van der Waals surface area contributed by atoms with Gasteiger partial charge in [0.05, 0.1) is 17.7 Å². The van der Waals surface area contributed by atoms with Crippen molar-refractivity contribution in [1.82, 2.24) is 0 Å². The molecule has 0 aliphatic heterocycles. The number of methoxy groups -OCH3 is 1. The third-order valence-electron chi connectivity index (χ3n) is 2.02. The Kier molecular flexibility index (Phi) is 4.25. The van der Waals surface area contributed by atoms with Crippen LogP contribution in [0.25, 0.3) is 0 Å². The third kappa shape index (κ3) is 3.20. The second kappa shape index (κ2) is 5.46. The van der Waals surface area contributed by atoms with Crippen molar-refractivity contribution in [3.8, 4) is 0 Å². The average Bonchev–Trinajstić information content (AvgIpc) is 2.25. The highest BCUT2D eigenvalue weighted by molar-refractivity contribution is 6.33. The molecule has 0 radical (unpaired) electrons. The van der Waals surface area contributed by atoms with Crippen LogP contribution in [-0.4, -0.2) is 24.5 Å². The van der Waals surface area contributed by atoms with Gasteiger partial charge in [-0.1, -0.05) is 17.7 Å². The molecule has 1 aromatic rings. The maximum atomic E-state index is 11.2. The molecule has 0 atom stereocenters. The van der Waals surface area contributed by atoms with Crippen LogP contribution >= 0.6 is 11.6 Å². The lowest BCUT2D eigenvalue weighted by molar-refractivity contribution is -0.479. The van der Waals surface area contributed by atoms with Crippen LogP contribution in [0.3, 0.4) is 0 Å². The molecule has 6 heteroatoms. The zero-order valence-electron chi connectivity index (χ0n) is 8.60. The highest BCUT2D eigenvalue weighted by Gasteiger charge is 2.11. The van der Waals surface area contributed by atoms with Gasteiger partial charge < -0.3 is 4.74 Å². The first-order valence-electron chi connectivity index (χ1n) is 4.53. The van der Waals surface area contributed by atoms with Crippen LogP contribution in [0, 0.1) is 10.1 Å². The fourth-order valence-electron chi connectivity index (χ4n) is 1.21. The summed E-state index contributed by atoms with van der Waals surface area (Å²) in [7, 11) is 1.26. The second-order valence-corrected chi connectivity index (χ2v) is 3.52. The summed E-state index contributed by atoms with van der Waals surface area (Å²) in [5, 5.41) is 10.4. The van der Waals surface area contributed by atoms with E-state index in [4.69, 9.17) is 11.6 Å². The Labute approximate surface area is 97.1 Å². The van der Waals surface area contributed by atoms with Gasteiger partial charge in [0.2, 0.25) is 6.54 Å². The van der Waals surface area contributed by atoms with Crippen molar-refractivity contribution in [2.75, 3.05) is 13.7 Å². The number of halogens is 1. The fourth-order valence-corrected chi connectivity index (χ4v) is 1.49. The second-order valence-electron chi connectivity index (χ2n) is 3.11. The predicted molar refractivity (Wildman–Crippen MR) is 58.4 cm³/mol. The number of hydrogen-bond donors (Lipinski definition) is 0. The maximum absolute atomic E-state index is 11.2. The van der Waals surface area contributed by atoms with Crippen LogP contribution in [0.15, 0.2) is 18.2 Å². The van der Waals surface area contributed by atoms with Crippen molar-refractivity contribution in [2.45, 2.75) is 6.42 Å². The molecule has 16 heavy (non-hydrogen) atoms. The van der Waals surface area contributed by atoms with Gasteiger partial charge in [-0.25, -0.2) is 4.79 Å². The SMILES string of the molecule is COC(=O)c1ccc(CC[N+](=O)[O-])cc1Cl. The molecule has 0 aromatic heterocycles. The Bertz CT molecular complexity index is 419. The monoisotopic (exact) mass is 243 g/mol. The van der Waals surface area contributed by atoms with Gasteiger partial charge in [-0.3, -0.25) is 10.1 Å². The molecule has 0 aliphatic rings. The number of carbonyl (C=O) groups is 1. The molecule has 86 valence electrons. The van der Waals surface area contributed by atoms with Crippen molar-refractivity contribution in [2.24, 2.45) is 0 Å². The van der Waals surface area contributed by atoms with Crippen LogP contribution in [0.5, 0.6) is 0 Å². The summed E-state index contributed by atoms with van der Waals surface area (Å²) in [6.07, 6.45) is 0.286. The van der Waals surface area contributed by atoms with Crippen molar-refractivity contribution in [3.63, 3.8) is 0 Å². The molecule has 0 bridgehead atoms. The van der Waals surface area contributed by atoms with E-state index in [1.165, 1.54) is 19.2 Å². The molecular weight excluding hydrogens is 234 g/mol. The highest BCUT2D eigenvalue weighted by Crippen LogP contribution is 2.19. The van der Waals surface area contributed by atoms with Gasteiger partial charge in [0.1, 0.15) is 0 Å². The van der Waals surface area contributed by atoms with Gasteiger partial charge >= 0.3 is 5.97 Å². The van der Waals surface area contributed by atoms with Gasteiger partial charge in [0.25, 0.3) is 0 Å². The van der Waals surface area contributed by atoms with Gasteiger partial charge in [0.15, 0.2) is 0 Å². The topological polar surface area (TPSA) is 69.4 Å². The fraction of sp³-hybridized carbons (Fsp3) is 0.300. The zero-order chi connectivity index (χ0) is 12.1. The molecule has 0 N–H and O–H groups in total. The van der Waals surface area contributed by atoms with E-state index in [0.29, 0.717) is 5.56 Å². The lowest BCUT2D eigenvalue weighted by Crippen LogP contribution is -2.06. The first-order chi connectivity index (χ1) is 7.54. The van der Waals surface area contributed by atoms with E-state index in [1.807, 2.05) is 0 Å². The molecule has 0 amide bonds. The number of nitro groups is 1. The van der Waals surface area contributed by atoms with Crippen LogP contribution in [0.4, 0.5) is 0 Å². The third-order valence-corrected chi connectivity index (χ3v) is 2.33. The summed E-state index contributed by atoms with van der Waals surface area (Å²) in [5.41, 5.74) is 0.975. The molecule has 0 heterocycles. The first kappa shape index (κ1) is 12.4. The number of hydrogen-bond acceptors (Lipinski definition) is 4. The molecule has 0 saturated heterocycles. The minimum Gasteiger partial charge on any atom is -0.465 e. The van der Waals surface area contributed by atoms with Gasteiger partial charge in [-0.2, -0.15) is 0 Å². The summed E-state index contributed by atoms with van der Waals surface area (Å²) < 4.78 is 4.52. The van der Waals surface area contributed by atoms with Crippen molar-refractivity contribution < 1.29 is 14.5 Å². The summed E-state index contributed by atoms with van der Waals surface area (Å²) in [6.45, 7) is -0.159. The Balaban J connectivity index is 2.82. The molecule has 1 rings (SSSR count). The largest absolute Gasteiger partial charge is 0.465 e. The Hall–Kier alpha value is -1.62. The van der Waals surface area contributed by atoms with E-state index >= 15 is 0 Å². The summed E-state index contributed by atoms with van der Waals surface area (Å²) >= 11 is 5.85. The molecule has 1 aromatic carbocycles. The molecule has 0 fully saturated rings. The summed E-state index contributed by atoms with van der Waals surface area (Å²) in [6, 6.07) is 4.67. The molecule has 0 aliphatic carbocycles. The van der Waals surface area contributed by atoms with Gasteiger partial charge in [0, 0.05) is 11.3 Å². The molecule has 5 nitrogen and oxygen atoms in total. The highest BCUT2D eigenvalue weighted by atomic mass is 35.5. The zero-order valence-corrected chi connectivity index (χ0v) is 9.36. The van der Waals surface area contributed by atoms with Crippen LogP contribution < -0.4 is 0 Å². The Morgan fingerprint density at radius 3 is 2.75 bits per heavy atom. The van der Waals surface area contributed by atoms with Crippen molar-refractivity contribution >= 4 is 17.6 Å². The van der Waals surface area contributed by atoms with Crippen LogP contribution in [0.1, 0.15) is 15.9 Å². The number of carbonyl (C=O) groups excluding carboxylic acids is 1. The number of rotatable bonds is 4. The number of nitrogens with zero attached hydrogens (tertiary/aromatic N) is 1. The maximum Gasteiger partial charge on any atom is 0.339 e. The molecular formula is C10H10ClNO4. The lowest BCUT2D eigenvalue weighted by atomic mass is 10.1. The van der Waals surface area contributed by atoms with Gasteiger partial charge in [-0.05, 0) is 17.7 Å². The van der Waals surface area contributed by atoms with Crippen molar-refractivity contribution in [1.29, 1.82) is 0 Å². The number of benzene rings is 1. The predicted octanol–water partition coefficient (Wildman–Crippen LogP) is 1.95. The summed E-state index contributed by atoms with van der Waals surface area (Å²) in [5.74, 6) is -0.522. The quantitative estimate of drug-likeness (QED) is 0.460. The van der Waals surface area contributed by atoms with Crippen LogP contribution in [0.2, 0.25) is 5.02 Å². The van der Waals surface area contributed by atoms with E-state index in [2.05, 4.69) is 4.74 Å². The number of esters is 1. The Morgan fingerprint density at radius 1 is 1.56 bits per heavy atom. The van der Waals surface area contributed by atoms with E-state index in [-0.39, 0.29) is 23.6 Å². The lowest BCUT2D eigenvalue weighted by Gasteiger charge is -2.04. The average molecular weight is 244 g/mol. The van der Waals surface area contributed by atoms with E-state index < -0.39 is 10.9 Å².